The van der Waals surface area contributed by atoms with Gasteiger partial charge in [-0.25, -0.2) is 4.79 Å². The average Bonchev–Trinajstić information content (AvgIpc) is 2.59. The molecule has 2 rings (SSSR count). The Hall–Kier alpha value is -2.08. The zero-order chi connectivity index (χ0) is 18.4. The van der Waals surface area contributed by atoms with Crippen molar-refractivity contribution in [2.24, 2.45) is 0 Å². The van der Waals surface area contributed by atoms with Gasteiger partial charge in [0.05, 0.1) is 13.5 Å². The first kappa shape index (κ1) is 19.2. The van der Waals surface area contributed by atoms with Crippen molar-refractivity contribution in [3.63, 3.8) is 0 Å². The van der Waals surface area contributed by atoms with Crippen LogP contribution in [-0.2, 0) is 14.3 Å². The van der Waals surface area contributed by atoms with Gasteiger partial charge in [0.2, 0.25) is 0 Å². The van der Waals surface area contributed by atoms with Crippen LogP contribution in [0.25, 0.3) is 0 Å². The molecule has 6 heteroatoms. The normalized spacial score (nSPS) is 17.0. The third kappa shape index (κ3) is 5.74. The van der Waals surface area contributed by atoms with E-state index in [0.717, 1.165) is 5.56 Å². The molecule has 1 atom stereocenters. The van der Waals surface area contributed by atoms with Crippen LogP contribution in [0.2, 0.25) is 0 Å². The summed E-state index contributed by atoms with van der Waals surface area (Å²) in [5.41, 5.74) is 0.588. The van der Waals surface area contributed by atoms with Crippen molar-refractivity contribution >= 4 is 12.1 Å². The molecule has 0 bridgehead atoms. The molecule has 0 spiro atoms. The van der Waals surface area contributed by atoms with Crippen LogP contribution in [0.1, 0.15) is 38.8 Å². The number of esters is 1. The monoisotopic (exact) mass is 348 g/mol. The summed E-state index contributed by atoms with van der Waals surface area (Å²) in [5.74, 6) is -0.233. The first-order valence-electron chi connectivity index (χ1n) is 8.64. The van der Waals surface area contributed by atoms with Gasteiger partial charge in [-0.05, 0) is 26.3 Å². The van der Waals surface area contributed by atoms with E-state index >= 15 is 0 Å². The van der Waals surface area contributed by atoms with Crippen LogP contribution in [0.3, 0.4) is 0 Å². The van der Waals surface area contributed by atoms with E-state index in [2.05, 4.69) is 4.90 Å². The molecule has 1 aromatic rings. The molecule has 25 heavy (non-hydrogen) atoms. The van der Waals surface area contributed by atoms with Crippen molar-refractivity contribution in [2.75, 3.05) is 33.3 Å². The van der Waals surface area contributed by atoms with E-state index in [1.54, 1.807) is 4.90 Å². The second-order valence-corrected chi connectivity index (χ2v) is 7.21. The fourth-order valence-corrected chi connectivity index (χ4v) is 2.92. The lowest BCUT2D eigenvalue weighted by Gasteiger charge is -2.39. The maximum Gasteiger partial charge on any atom is 0.410 e. The fraction of sp³-hybridized carbons (Fsp3) is 0.579. The number of methoxy groups -OCH3 is 1. The molecule has 0 N–H and O–H groups in total. The zero-order valence-corrected chi connectivity index (χ0v) is 15.5. The van der Waals surface area contributed by atoms with Gasteiger partial charge in [-0.2, -0.15) is 0 Å². The molecule has 1 aromatic carbocycles. The highest BCUT2D eigenvalue weighted by Crippen LogP contribution is 2.26. The molecule has 1 saturated heterocycles. The zero-order valence-electron chi connectivity index (χ0n) is 15.5. The van der Waals surface area contributed by atoms with Crippen LogP contribution in [0, 0.1) is 0 Å². The minimum atomic E-state index is -0.494. The Bertz CT molecular complexity index is 575. The number of nitrogens with zero attached hydrogens (tertiary/aromatic N) is 2. The Labute approximate surface area is 149 Å². The molecule has 0 aliphatic carbocycles. The van der Waals surface area contributed by atoms with Gasteiger partial charge >= 0.3 is 12.1 Å². The summed E-state index contributed by atoms with van der Waals surface area (Å²) < 4.78 is 10.3. The van der Waals surface area contributed by atoms with Crippen LogP contribution >= 0.6 is 0 Å². The lowest BCUT2D eigenvalue weighted by atomic mass is 10.0. The van der Waals surface area contributed by atoms with Crippen molar-refractivity contribution in [3.8, 4) is 0 Å². The van der Waals surface area contributed by atoms with Crippen molar-refractivity contribution in [1.29, 1.82) is 0 Å². The predicted octanol–water partition coefficient (Wildman–Crippen LogP) is 2.84. The molecule has 1 aliphatic heterocycles. The molecule has 6 nitrogen and oxygen atoms in total. The number of carbonyl (C=O) groups is 2. The molecule has 1 aliphatic rings. The number of piperazine rings is 1. The Morgan fingerprint density at radius 1 is 1.08 bits per heavy atom. The molecular formula is C19H28N2O4. The minimum Gasteiger partial charge on any atom is -0.469 e. The molecular weight excluding hydrogens is 320 g/mol. The van der Waals surface area contributed by atoms with Crippen LogP contribution < -0.4 is 0 Å². The van der Waals surface area contributed by atoms with Crippen molar-refractivity contribution in [2.45, 2.75) is 38.8 Å². The highest BCUT2D eigenvalue weighted by atomic mass is 16.6. The number of benzene rings is 1. The number of hydrogen-bond acceptors (Lipinski definition) is 5. The molecule has 1 unspecified atom stereocenters. The number of amides is 1. The summed E-state index contributed by atoms with van der Waals surface area (Å²) in [6.07, 6.45) is 0.0174. The first-order chi connectivity index (χ1) is 11.8. The van der Waals surface area contributed by atoms with Gasteiger partial charge in [0.1, 0.15) is 5.60 Å². The van der Waals surface area contributed by atoms with E-state index in [0.29, 0.717) is 32.6 Å². The SMILES string of the molecule is COC(=O)CC(c1ccccc1)N1CCN(C(=O)OC(C)(C)C)CC1. The topological polar surface area (TPSA) is 59.1 Å². The largest absolute Gasteiger partial charge is 0.469 e. The van der Waals surface area contributed by atoms with Crippen LogP contribution in [0.15, 0.2) is 30.3 Å². The van der Waals surface area contributed by atoms with Crippen molar-refractivity contribution in [1.82, 2.24) is 9.80 Å². The smallest absolute Gasteiger partial charge is 0.410 e. The van der Waals surface area contributed by atoms with Crippen LogP contribution in [-0.4, -0.2) is 60.8 Å². The highest BCUT2D eigenvalue weighted by molar-refractivity contribution is 5.70. The molecule has 0 aromatic heterocycles. The number of rotatable bonds is 4. The van der Waals surface area contributed by atoms with E-state index in [9.17, 15) is 9.59 Å². The lowest BCUT2D eigenvalue weighted by molar-refractivity contribution is -0.142. The number of ether oxygens (including phenoxy) is 2. The van der Waals surface area contributed by atoms with E-state index in [4.69, 9.17) is 9.47 Å². The number of carbonyl (C=O) groups excluding carboxylic acids is 2. The van der Waals surface area contributed by atoms with E-state index in [1.807, 2.05) is 51.1 Å². The van der Waals surface area contributed by atoms with Gasteiger partial charge in [0.15, 0.2) is 0 Å². The van der Waals surface area contributed by atoms with Gasteiger partial charge in [-0.3, -0.25) is 9.69 Å². The summed E-state index contributed by atoms with van der Waals surface area (Å²) in [4.78, 5) is 28.0. The fourth-order valence-electron chi connectivity index (χ4n) is 2.92. The van der Waals surface area contributed by atoms with E-state index in [1.165, 1.54) is 7.11 Å². The Balaban J connectivity index is 2.02. The van der Waals surface area contributed by atoms with E-state index in [-0.39, 0.29) is 18.1 Å². The molecule has 138 valence electrons. The van der Waals surface area contributed by atoms with Gasteiger partial charge < -0.3 is 14.4 Å². The molecule has 1 fully saturated rings. The Kier molecular flexibility index (Phi) is 6.42. The maximum absolute atomic E-state index is 12.2. The quantitative estimate of drug-likeness (QED) is 0.783. The summed E-state index contributed by atoms with van der Waals surface area (Å²) in [7, 11) is 1.41. The Morgan fingerprint density at radius 3 is 2.20 bits per heavy atom. The standard InChI is InChI=1S/C19H28N2O4/c1-19(2,3)25-18(23)21-12-10-20(11-13-21)16(14-17(22)24-4)15-8-6-5-7-9-15/h5-9,16H,10-14H2,1-4H3. The molecule has 0 radical (unpaired) electrons. The van der Waals surface area contributed by atoms with Gasteiger partial charge in [0, 0.05) is 32.2 Å². The summed E-state index contributed by atoms with van der Waals surface area (Å²) >= 11 is 0. The summed E-state index contributed by atoms with van der Waals surface area (Å²) in [6, 6.07) is 9.89. The van der Waals surface area contributed by atoms with E-state index < -0.39 is 5.60 Å². The summed E-state index contributed by atoms with van der Waals surface area (Å²) in [5, 5.41) is 0. The maximum atomic E-state index is 12.2. The molecule has 1 amide bonds. The lowest BCUT2D eigenvalue weighted by Crippen LogP contribution is -2.51. The third-order valence-electron chi connectivity index (χ3n) is 4.18. The van der Waals surface area contributed by atoms with Crippen LogP contribution in [0.4, 0.5) is 4.79 Å². The highest BCUT2D eigenvalue weighted by Gasteiger charge is 2.30. The first-order valence-corrected chi connectivity index (χ1v) is 8.64. The second-order valence-electron chi connectivity index (χ2n) is 7.21. The van der Waals surface area contributed by atoms with Gasteiger partial charge in [0.25, 0.3) is 0 Å². The van der Waals surface area contributed by atoms with Crippen molar-refractivity contribution < 1.29 is 19.1 Å². The van der Waals surface area contributed by atoms with Gasteiger partial charge in [-0.15, -0.1) is 0 Å². The minimum absolute atomic E-state index is 0.0468. The second kappa shape index (κ2) is 8.34. The van der Waals surface area contributed by atoms with Gasteiger partial charge in [-0.1, -0.05) is 30.3 Å². The third-order valence-corrected chi connectivity index (χ3v) is 4.18. The number of hydrogen-bond donors (Lipinski definition) is 0. The predicted molar refractivity (Wildman–Crippen MR) is 95.2 cm³/mol. The molecule has 1 heterocycles. The average molecular weight is 348 g/mol. The Morgan fingerprint density at radius 2 is 1.68 bits per heavy atom. The van der Waals surface area contributed by atoms with Crippen molar-refractivity contribution in [3.05, 3.63) is 35.9 Å². The summed E-state index contributed by atoms with van der Waals surface area (Å²) in [6.45, 7) is 8.14. The molecule has 0 saturated carbocycles. The van der Waals surface area contributed by atoms with Crippen LogP contribution in [0.5, 0.6) is 0 Å².